The average Bonchev–Trinajstić information content (AvgIpc) is 2.91. The second-order valence-corrected chi connectivity index (χ2v) is 5.05. The molecule has 1 saturated heterocycles. The molecule has 21 heavy (non-hydrogen) atoms. The molecule has 0 atom stereocenters. The molecule has 1 aromatic rings. The van der Waals surface area contributed by atoms with Crippen LogP contribution < -0.4 is 5.32 Å². The summed E-state index contributed by atoms with van der Waals surface area (Å²) >= 11 is 5.73. The number of nitrogens with one attached hydrogen (secondary N) is 1. The number of imide groups is 1. The summed E-state index contributed by atoms with van der Waals surface area (Å²) in [5.41, 5.74) is -1.37. The number of amides is 3. The van der Waals surface area contributed by atoms with Gasteiger partial charge >= 0.3 is 12.2 Å². The average molecular weight is 321 g/mol. The lowest BCUT2D eigenvalue weighted by Gasteiger charge is -2.16. The third kappa shape index (κ3) is 3.66. The zero-order valence-electron chi connectivity index (χ0n) is 10.8. The maximum absolute atomic E-state index is 12.6. The molecule has 1 aromatic carbocycles. The van der Waals surface area contributed by atoms with Crippen molar-refractivity contribution in [1.82, 2.24) is 10.2 Å². The molecule has 0 saturated carbocycles. The minimum atomic E-state index is -4.58. The highest BCUT2D eigenvalue weighted by molar-refractivity contribution is 6.34. The Bertz CT molecular complexity index is 569. The highest BCUT2D eigenvalue weighted by Gasteiger charge is 2.32. The Morgan fingerprint density at radius 1 is 1.19 bits per heavy atom. The minimum Gasteiger partial charge on any atom is -0.324 e. The van der Waals surface area contributed by atoms with Gasteiger partial charge in [0, 0.05) is 13.1 Å². The van der Waals surface area contributed by atoms with Gasteiger partial charge in [-0.25, -0.2) is 4.79 Å². The number of alkyl halides is 3. The van der Waals surface area contributed by atoms with Crippen LogP contribution in [0.3, 0.4) is 0 Å². The summed E-state index contributed by atoms with van der Waals surface area (Å²) in [6.45, 7) is 1.05. The molecule has 114 valence electrons. The van der Waals surface area contributed by atoms with Crippen molar-refractivity contribution in [3.05, 3.63) is 34.3 Å². The van der Waals surface area contributed by atoms with Crippen LogP contribution in [-0.2, 0) is 6.18 Å². The summed E-state index contributed by atoms with van der Waals surface area (Å²) in [5, 5.41) is 1.91. The predicted octanol–water partition coefficient (Wildman–Crippen LogP) is 3.30. The molecular weight excluding hydrogens is 309 g/mol. The standard InChI is InChI=1S/C13H12ClF3N2O2/c14-10-4-3-8(13(15,16)17)7-9(10)11(20)18-12(21)19-5-1-2-6-19/h3-4,7H,1-2,5-6H2,(H,18,20,21). The fourth-order valence-corrected chi connectivity index (χ4v) is 2.24. The van der Waals surface area contributed by atoms with E-state index >= 15 is 0 Å². The summed E-state index contributed by atoms with van der Waals surface area (Å²) in [6.07, 6.45) is -2.91. The highest BCUT2D eigenvalue weighted by Crippen LogP contribution is 2.31. The smallest absolute Gasteiger partial charge is 0.324 e. The van der Waals surface area contributed by atoms with Crippen molar-refractivity contribution in [1.29, 1.82) is 0 Å². The van der Waals surface area contributed by atoms with E-state index in [1.165, 1.54) is 4.90 Å². The molecule has 0 radical (unpaired) electrons. The van der Waals surface area contributed by atoms with Gasteiger partial charge in [-0.15, -0.1) is 0 Å². The van der Waals surface area contributed by atoms with Crippen molar-refractivity contribution in [2.24, 2.45) is 0 Å². The number of rotatable bonds is 1. The van der Waals surface area contributed by atoms with Crippen LogP contribution in [0.5, 0.6) is 0 Å². The second-order valence-electron chi connectivity index (χ2n) is 4.65. The Labute approximate surface area is 123 Å². The summed E-state index contributed by atoms with van der Waals surface area (Å²) in [5.74, 6) is -0.942. The Morgan fingerprint density at radius 3 is 2.38 bits per heavy atom. The number of urea groups is 1. The first-order valence-corrected chi connectivity index (χ1v) is 6.64. The molecule has 2 rings (SSSR count). The molecule has 0 aromatic heterocycles. The molecule has 1 N–H and O–H groups in total. The summed E-state index contributed by atoms with van der Waals surface area (Å²) in [4.78, 5) is 25.1. The van der Waals surface area contributed by atoms with Crippen LogP contribution in [0.2, 0.25) is 5.02 Å². The van der Waals surface area contributed by atoms with E-state index in [2.05, 4.69) is 5.32 Å². The van der Waals surface area contributed by atoms with Gasteiger partial charge in [-0.1, -0.05) is 11.6 Å². The van der Waals surface area contributed by atoms with E-state index in [1.807, 2.05) is 0 Å². The van der Waals surface area contributed by atoms with Crippen molar-refractivity contribution in [2.75, 3.05) is 13.1 Å². The lowest BCUT2D eigenvalue weighted by atomic mass is 10.1. The summed E-state index contributed by atoms with van der Waals surface area (Å²) < 4.78 is 37.9. The van der Waals surface area contributed by atoms with Crippen LogP contribution in [0.25, 0.3) is 0 Å². The van der Waals surface area contributed by atoms with E-state index in [1.54, 1.807) is 0 Å². The quantitative estimate of drug-likeness (QED) is 0.863. The van der Waals surface area contributed by atoms with Gasteiger partial charge in [-0.2, -0.15) is 13.2 Å². The first kappa shape index (κ1) is 15.6. The van der Waals surface area contributed by atoms with E-state index < -0.39 is 23.7 Å². The third-order valence-corrected chi connectivity index (χ3v) is 3.48. The van der Waals surface area contributed by atoms with Gasteiger partial charge < -0.3 is 4.90 Å². The molecule has 1 aliphatic rings. The van der Waals surface area contributed by atoms with Crippen molar-refractivity contribution < 1.29 is 22.8 Å². The van der Waals surface area contributed by atoms with Crippen LogP contribution in [0.4, 0.5) is 18.0 Å². The molecule has 1 fully saturated rings. The third-order valence-electron chi connectivity index (χ3n) is 3.15. The van der Waals surface area contributed by atoms with E-state index in [4.69, 9.17) is 11.6 Å². The maximum Gasteiger partial charge on any atom is 0.416 e. The van der Waals surface area contributed by atoms with Gasteiger partial charge in [-0.3, -0.25) is 10.1 Å². The zero-order valence-corrected chi connectivity index (χ0v) is 11.6. The fraction of sp³-hybridized carbons (Fsp3) is 0.385. The maximum atomic E-state index is 12.6. The number of nitrogens with zero attached hydrogens (tertiary/aromatic N) is 1. The van der Waals surface area contributed by atoms with Crippen LogP contribution in [0.15, 0.2) is 18.2 Å². The lowest BCUT2D eigenvalue weighted by Crippen LogP contribution is -2.41. The molecule has 4 nitrogen and oxygen atoms in total. The molecule has 1 aliphatic heterocycles. The number of halogens is 4. The van der Waals surface area contributed by atoms with Crippen molar-refractivity contribution in [3.8, 4) is 0 Å². The first-order chi connectivity index (χ1) is 9.79. The van der Waals surface area contributed by atoms with Gasteiger partial charge in [0.1, 0.15) is 0 Å². The van der Waals surface area contributed by atoms with E-state index in [9.17, 15) is 22.8 Å². The number of hydrogen-bond donors (Lipinski definition) is 1. The Morgan fingerprint density at radius 2 is 1.81 bits per heavy atom. The molecular formula is C13H12ClF3N2O2. The minimum absolute atomic E-state index is 0.144. The lowest BCUT2D eigenvalue weighted by molar-refractivity contribution is -0.137. The van der Waals surface area contributed by atoms with Gasteiger partial charge in [-0.05, 0) is 31.0 Å². The van der Waals surface area contributed by atoms with Crippen molar-refractivity contribution in [2.45, 2.75) is 19.0 Å². The Hall–Kier alpha value is -1.76. The number of hydrogen-bond acceptors (Lipinski definition) is 2. The largest absolute Gasteiger partial charge is 0.416 e. The highest BCUT2D eigenvalue weighted by atomic mass is 35.5. The monoisotopic (exact) mass is 320 g/mol. The number of likely N-dealkylation sites (tertiary alicyclic amines) is 1. The van der Waals surface area contributed by atoms with E-state index in [0.717, 1.165) is 25.0 Å². The molecule has 3 amide bonds. The molecule has 1 heterocycles. The SMILES string of the molecule is O=C(NC(=O)N1CCCC1)c1cc(C(F)(F)F)ccc1Cl. The number of carbonyl (C=O) groups excluding carboxylic acids is 2. The first-order valence-electron chi connectivity index (χ1n) is 6.26. The second kappa shape index (κ2) is 5.93. The van der Waals surface area contributed by atoms with Gasteiger partial charge in [0.15, 0.2) is 0 Å². The van der Waals surface area contributed by atoms with Crippen molar-refractivity contribution in [3.63, 3.8) is 0 Å². The molecule has 0 aliphatic carbocycles. The van der Waals surface area contributed by atoms with Gasteiger partial charge in [0.2, 0.25) is 0 Å². The topological polar surface area (TPSA) is 49.4 Å². The molecule has 0 bridgehead atoms. The van der Waals surface area contributed by atoms with E-state index in [0.29, 0.717) is 19.2 Å². The predicted molar refractivity (Wildman–Crippen MR) is 70.1 cm³/mol. The molecule has 8 heteroatoms. The Kier molecular flexibility index (Phi) is 4.41. The van der Waals surface area contributed by atoms with Crippen LogP contribution in [0.1, 0.15) is 28.8 Å². The normalized spacial score (nSPS) is 15.1. The summed E-state index contributed by atoms with van der Waals surface area (Å²) in [7, 11) is 0. The van der Waals surface area contributed by atoms with Crippen LogP contribution in [0, 0.1) is 0 Å². The van der Waals surface area contributed by atoms with Crippen LogP contribution in [-0.4, -0.2) is 29.9 Å². The van der Waals surface area contributed by atoms with Gasteiger partial charge in [0.25, 0.3) is 5.91 Å². The molecule has 0 spiro atoms. The summed E-state index contributed by atoms with van der Waals surface area (Å²) in [6, 6.07) is 1.78. The van der Waals surface area contributed by atoms with Gasteiger partial charge in [0.05, 0.1) is 16.1 Å². The van der Waals surface area contributed by atoms with E-state index in [-0.39, 0.29) is 10.6 Å². The van der Waals surface area contributed by atoms with Crippen molar-refractivity contribution >= 4 is 23.5 Å². The fourth-order valence-electron chi connectivity index (χ4n) is 2.04. The molecule has 0 unspecified atom stereocenters. The van der Waals surface area contributed by atoms with Crippen LogP contribution >= 0.6 is 11.6 Å². The zero-order chi connectivity index (χ0) is 15.6. The Balaban J connectivity index is 2.16. The number of carbonyl (C=O) groups is 2. The number of benzene rings is 1.